The summed E-state index contributed by atoms with van der Waals surface area (Å²) in [7, 11) is 1.54. The zero-order chi connectivity index (χ0) is 21.0. The van der Waals surface area contributed by atoms with Crippen molar-refractivity contribution in [2.45, 2.75) is 25.8 Å². The Morgan fingerprint density at radius 3 is 2.66 bits per heavy atom. The second-order valence-electron chi connectivity index (χ2n) is 6.60. The number of nitrogens with one attached hydrogen (secondary N) is 3. The summed E-state index contributed by atoms with van der Waals surface area (Å²) < 4.78 is 6.43. The summed E-state index contributed by atoms with van der Waals surface area (Å²) in [5, 5.41) is 2.73. The van der Waals surface area contributed by atoms with E-state index >= 15 is 0 Å². The molecule has 0 spiro atoms. The van der Waals surface area contributed by atoms with Crippen LogP contribution in [0.2, 0.25) is 0 Å². The Labute approximate surface area is 166 Å². The van der Waals surface area contributed by atoms with E-state index in [9.17, 15) is 14.4 Å². The summed E-state index contributed by atoms with van der Waals surface area (Å²) in [6.45, 7) is 5.84. The summed E-state index contributed by atoms with van der Waals surface area (Å²) in [4.78, 5) is 45.6. The highest BCUT2D eigenvalue weighted by atomic mass is 16.5. The number of hydrogen-bond donors (Lipinski definition) is 3. The van der Waals surface area contributed by atoms with Gasteiger partial charge < -0.3 is 15.0 Å². The van der Waals surface area contributed by atoms with Crippen LogP contribution in [0.25, 0.3) is 11.2 Å². The fourth-order valence-corrected chi connectivity index (χ4v) is 3.19. The number of aromatic amines is 2. The van der Waals surface area contributed by atoms with Gasteiger partial charge in [0.1, 0.15) is 11.3 Å². The predicted octanol–water partition coefficient (Wildman–Crippen LogP) is 1.73. The maximum absolute atomic E-state index is 12.3. The molecule has 152 valence electrons. The zero-order valence-corrected chi connectivity index (χ0v) is 16.3. The number of aromatic nitrogens is 4. The number of methoxy groups -OCH3 is 1. The maximum Gasteiger partial charge on any atom is 0.330 e. The van der Waals surface area contributed by atoms with E-state index in [4.69, 9.17) is 4.74 Å². The fourth-order valence-electron chi connectivity index (χ4n) is 3.19. The van der Waals surface area contributed by atoms with Gasteiger partial charge in [-0.05, 0) is 24.1 Å². The third-order valence-corrected chi connectivity index (χ3v) is 4.54. The van der Waals surface area contributed by atoms with E-state index in [2.05, 4.69) is 26.8 Å². The number of hydrogen-bond acceptors (Lipinski definition) is 5. The molecule has 0 saturated heterocycles. The van der Waals surface area contributed by atoms with E-state index < -0.39 is 11.2 Å². The van der Waals surface area contributed by atoms with Crippen LogP contribution in [0.1, 0.15) is 30.7 Å². The lowest BCUT2D eigenvalue weighted by atomic mass is 9.95. The molecule has 2 aromatic heterocycles. The van der Waals surface area contributed by atoms with Crippen molar-refractivity contribution in [3.8, 4) is 0 Å². The van der Waals surface area contributed by atoms with Crippen LogP contribution in [0.3, 0.4) is 0 Å². The molecule has 3 aromatic rings. The number of H-pyrrole nitrogens is 2. The molecule has 0 aliphatic carbocycles. The number of anilines is 1. The number of carbonyl (C=O) groups is 1. The van der Waals surface area contributed by atoms with E-state index in [-0.39, 0.29) is 29.5 Å². The number of carbonyl (C=O) groups excluding carboxylic acids is 1. The number of amides is 1. The normalized spacial score (nSPS) is 12.1. The van der Waals surface area contributed by atoms with Crippen molar-refractivity contribution in [2.75, 3.05) is 19.0 Å². The van der Waals surface area contributed by atoms with Crippen LogP contribution in [0, 0.1) is 0 Å². The Hall–Kier alpha value is -3.46. The van der Waals surface area contributed by atoms with Crippen LogP contribution in [-0.4, -0.2) is 39.1 Å². The molecule has 9 nitrogen and oxygen atoms in total. The Balaban J connectivity index is 2.06. The lowest BCUT2D eigenvalue weighted by Crippen LogP contribution is -2.31. The SMILES string of the molecule is C=CCC(c1ccc(NC(C)=O)cc1)c1nc2c([nH]1)c(=O)[nH]c(=O)n2CCOC. The largest absolute Gasteiger partial charge is 0.383 e. The molecule has 1 unspecified atom stereocenters. The first-order valence-electron chi connectivity index (χ1n) is 9.14. The molecule has 1 aromatic carbocycles. The quantitative estimate of drug-likeness (QED) is 0.500. The van der Waals surface area contributed by atoms with E-state index in [1.165, 1.54) is 18.6 Å². The van der Waals surface area contributed by atoms with E-state index in [1.807, 2.05) is 12.1 Å². The predicted molar refractivity (Wildman–Crippen MR) is 110 cm³/mol. The summed E-state index contributed by atoms with van der Waals surface area (Å²) in [6, 6.07) is 7.37. The summed E-state index contributed by atoms with van der Waals surface area (Å²) in [5.41, 5.74) is 1.09. The van der Waals surface area contributed by atoms with Crippen molar-refractivity contribution in [3.05, 3.63) is 69.1 Å². The number of fused-ring (bicyclic) bond motifs is 1. The van der Waals surface area contributed by atoms with Gasteiger partial charge in [-0.25, -0.2) is 9.78 Å². The molecular weight excluding hydrogens is 374 g/mol. The van der Waals surface area contributed by atoms with E-state index in [0.717, 1.165) is 5.56 Å². The van der Waals surface area contributed by atoms with Crippen LogP contribution in [0.15, 0.2) is 46.5 Å². The highest BCUT2D eigenvalue weighted by Crippen LogP contribution is 2.28. The Kier molecular flexibility index (Phi) is 6.08. The first kappa shape index (κ1) is 20.3. The van der Waals surface area contributed by atoms with Gasteiger partial charge in [0.25, 0.3) is 5.56 Å². The molecule has 2 heterocycles. The van der Waals surface area contributed by atoms with Crippen LogP contribution < -0.4 is 16.6 Å². The minimum absolute atomic E-state index is 0.147. The van der Waals surface area contributed by atoms with Crippen molar-refractivity contribution < 1.29 is 9.53 Å². The fraction of sp³-hybridized carbons (Fsp3) is 0.300. The number of nitrogens with zero attached hydrogens (tertiary/aromatic N) is 2. The first-order chi connectivity index (χ1) is 13.9. The molecule has 0 aliphatic rings. The second kappa shape index (κ2) is 8.70. The molecule has 1 atom stereocenters. The van der Waals surface area contributed by atoms with Crippen molar-refractivity contribution in [1.82, 2.24) is 19.5 Å². The van der Waals surface area contributed by atoms with Gasteiger partial charge in [0.05, 0.1) is 13.2 Å². The number of imidazole rings is 1. The molecule has 0 saturated carbocycles. The Morgan fingerprint density at radius 2 is 2.03 bits per heavy atom. The van der Waals surface area contributed by atoms with Crippen molar-refractivity contribution in [2.24, 2.45) is 0 Å². The van der Waals surface area contributed by atoms with Crippen LogP contribution in [0.5, 0.6) is 0 Å². The molecule has 3 N–H and O–H groups in total. The number of rotatable bonds is 8. The third kappa shape index (κ3) is 4.35. The van der Waals surface area contributed by atoms with Crippen molar-refractivity contribution in [1.29, 1.82) is 0 Å². The van der Waals surface area contributed by atoms with Crippen LogP contribution >= 0.6 is 0 Å². The molecule has 29 heavy (non-hydrogen) atoms. The third-order valence-electron chi connectivity index (χ3n) is 4.54. The van der Waals surface area contributed by atoms with Crippen LogP contribution in [-0.2, 0) is 16.1 Å². The lowest BCUT2D eigenvalue weighted by Gasteiger charge is -2.14. The van der Waals surface area contributed by atoms with Crippen LogP contribution in [0.4, 0.5) is 5.69 Å². The number of allylic oxidation sites excluding steroid dienone is 1. The highest BCUT2D eigenvalue weighted by molar-refractivity contribution is 5.88. The summed E-state index contributed by atoms with van der Waals surface area (Å²) >= 11 is 0. The molecule has 0 bridgehead atoms. The highest BCUT2D eigenvalue weighted by Gasteiger charge is 2.20. The summed E-state index contributed by atoms with van der Waals surface area (Å²) in [6.07, 6.45) is 2.33. The van der Waals surface area contributed by atoms with E-state index in [0.29, 0.717) is 24.5 Å². The maximum atomic E-state index is 12.3. The molecular formula is C20H23N5O4. The molecule has 1 amide bonds. The molecule has 0 fully saturated rings. The molecule has 9 heteroatoms. The van der Waals surface area contributed by atoms with Gasteiger partial charge >= 0.3 is 5.69 Å². The van der Waals surface area contributed by atoms with Gasteiger partial charge in [-0.15, -0.1) is 6.58 Å². The number of benzene rings is 1. The molecule has 0 aliphatic heterocycles. The zero-order valence-electron chi connectivity index (χ0n) is 16.3. The first-order valence-corrected chi connectivity index (χ1v) is 9.14. The van der Waals surface area contributed by atoms with Crippen molar-refractivity contribution >= 4 is 22.8 Å². The Bertz CT molecular complexity index is 1140. The Morgan fingerprint density at radius 1 is 1.31 bits per heavy atom. The monoisotopic (exact) mass is 397 g/mol. The van der Waals surface area contributed by atoms with Gasteiger partial charge in [0, 0.05) is 25.6 Å². The minimum atomic E-state index is -0.530. The smallest absolute Gasteiger partial charge is 0.330 e. The van der Waals surface area contributed by atoms with E-state index in [1.54, 1.807) is 18.2 Å². The topological polar surface area (TPSA) is 122 Å². The molecule has 3 rings (SSSR count). The van der Waals surface area contributed by atoms with Gasteiger partial charge in [0.15, 0.2) is 5.65 Å². The number of ether oxygens (including phenoxy) is 1. The second-order valence-corrected chi connectivity index (χ2v) is 6.60. The average molecular weight is 397 g/mol. The lowest BCUT2D eigenvalue weighted by molar-refractivity contribution is -0.114. The van der Waals surface area contributed by atoms with Crippen molar-refractivity contribution in [3.63, 3.8) is 0 Å². The minimum Gasteiger partial charge on any atom is -0.383 e. The molecule has 0 radical (unpaired) electrons. The van der Waals surface area contributed by atoms with Gasteiger partial charge in [0.2, 0.25) is 5.91 Å². The van der Waals surface area contributed by atoms with Gasteiger partial charge in [-0.3, -0.25) is 19.1 Å². The van der Waals surface area contributed by atoms with Gasteiger partial charge in [-0.1, -0.05) is 18.2 Å². The average Bonchev–Trinajstić information content (AvgIpc) is 3.12. The summed E-state index contributed by atoms with van der Waals surface area (Å²) in [5.74, 6) is 0.206. The van der Waals surface area contributed by atoms with Gasteiger partial charge in [-0.2, -0.15) is 0 Å². The standard InChI is InChI=1S/C20H23N5O4/c1-4-5-15(13-6-8-14(9-7-13)21-12(2)26)17-22-16-18(23-17)25(10-11-29-3)20(28)24-19(16)27/h4,6-9,15H,1,5,10-11H2,2-3H3,(H,21,26)(H,22,23)(H,24,27,28).